The van der Waals surface area contributed by atoms with E-state index in [1.54, 1.807) is 0 Å². The molecule has 23 heavy (non-hydrogen) atoms. The zero-order valence-corrected chi connectivity index (χ0v) is 13.5. The van der Waals surface area contributed by atoms with Crippen molar-refractivity contribution in [1.82, 2.24) is 5.32 Å². The van der Waals surface area contributed by atoms with Crippen molar-refractivity contribution in [2.24, 2.45) is 0 Å². The van der Waals surface area contributed by atoms with Crippen molar-refractivity contribution in [1.29, 1.82) is 0 Å². The van der Waals surface area contributed by atoms with E-state index in [2.05, 4.69) is 11.4 Å². The number of carbonyl (C=O) groups excluding carboxylic acids is 1. The third-order valence-corrected chi connectivity index (χ3v) is 4.30. The lowest BCUT2D eigenvalue weighted by Crippen LogP contribution is -2.43. The van der Waals surface area contributed by atoms with Gasteiger partial charge < -0.3 is 15.0 Å². The highest BCUT2D eigenvalue weighted by Gasteiger charge is 2.33. The van der Waals surface area contributed by atoms with E-state index in [0.29, 0.717) is 13.0 Å². The fraction of sp³-hybridized carbons (Fsp3) is 0.278. The molecule has 4 nitrogen and oxygen atoms in total. The van der Waals surface area contributed by atoms with E-state index < -0.39 is 6.10 Å². The molecule has 0 saturated carbocycles. The van der Waals surface area contributed by atoms with Gasteiger partial charge >= 0.3 is 0 Å². The van der Waals surface area contributed by atoms with Gasteiger partial charge in [0.05, 0.1) is 0 Å². The Morgan fingerprint density at radius 3 is 2.65 bits per heavy atom. The quantitative estimate of drug-likeness (QED) is 0.873. The number of amides is 1. The molecule has 2 aromatic rings. The standard InChI is InChI=1S/C18H18N2O2.ClH/c21-18(17-11-13-5-2-4-8-16(13)22-17)20-10-9-19-12-14-6-1-3-7-15(14)20;/h1-8,17,19H,9-12H2;1H. The number of nitrogens with one attached hydrogen (secondary N) is 1. The van der Waals surface area contributed by atoms with E-state index in [1.165, 1.54) is 0 Å². The number of ether oxygens (including phenoxy) is 1. The first-order valence-corrected chi connectivity index (χ1v) is 7.67. The van der Waals surface area contributed by atoms with Crippen molar-refractivity contribution in [3.05, 3.63) is 59.7 Å². The molecule has 2 heterocycles. The van der Waals surface area contributed by atoms with E-state index in [0.717, 1.165) is 35.7 Å². The molecule has 2 aliphatic rings. The van der Waals surface area contributed by atoms with Gasteiger partial charge in [-0.05, 0) is 23.3 Å². The Bertz CT molecular complexity index is 695. The molecule has 1 amide bonds. The zero-order valence-electron chi connectivity index (χ0n) is 12.7. The Labute approximate surface area is 141 Å². The summed E-state index contributed by atoms with van der Waals surface area (Å²) in [6, 6.07) is 16.0. The van der Waals surface area contributed by atoms with Gasteiger partial charge in [-0.1, -0.05) is 36.4 Å². The van der Waals surface area contributed by atoms with Gasteiger partial charge in [0.25, 0.3) is 5.91 Å². The highest BCUT2D eigenvalue weighted by Crippen LogP contribution is 2.31. The van der Waals surface area contributed by atoms with Crippen LogP contribution in [0.3, 0.4) is 0 Å². The van der Waals surface area contributed by atoms with Crippen LogP contribution < -0.4 is 15.0 Å². The molecule has 120 valence electrons. The van der Waals surface area contributed by atoms with Gasteiger partial charge in [0.15, 0.2) is 6.10 Å². The van der Waals surface area contributed by atoms with Gasteiger partial charge in [0.1, 0.15) is 5.75 Å². The average Bonchev–Trinajstić information content (AvgIpc) is 2.87. The lowest BCUT2D eigenvalue weighted by atomic mass is 10.1. The molecule has 2 aliphatic heterocycles. The Morgan fingerprint density at radius 2 is 1.83 bits per heavy atom. The summed E-state index contributed by atoms with van der Waals surface area (Å²) in [4.78, 5) is 14.8. The van der Waals surface area contributed by atoms with Gasteiger partial charge in [-0.25, -0.2) is 0 Å². The van der Waals surface area contributed by atoms with Crippen LogP contribution in [0, 0.1) is 0 Å². The zero-order chi connectivity index (χ0) is 14.9. The first kappa shape index (κ1) is 15.8. The molecule has 2 aromatic carbocycles. The number of anilines is 1. The van der Waals surface area contributed by atoms with Crippen LogP contribution in [0.1, 0.15) is 11.1 Å². The molecule has 0 saturated heterocycles. The Kier molecular flexibility index (Phi) is 4.55. The third kappa shape index (κ3) is 2.92. The Hall–Kier alpha value is -2.04. The third-order valence-electron chi connectivity index (χ3n) is 4.30. The topological polar surface area (TPSA) is 41.6 Å². The minimum Gasteiger partial charge on any atom is -0.480 e. The SMILES string of the molecule is Cl.O=C(C1Cc2ccccc2O1)N1CCNCc2ccccc21. The minimum atomic E-state index is -0.413. The highest BCUT2D eigenvalue weighted by atomic mass is 35.5. The van der Waals surface area contributed by atoms with Crippen molar-refractivity contribution in [3.8, 4) is 5.75 Å². The molecule has 1 N–H and O–H groups in total. The summed E-state index contributed by atoms with van der Waals surface area (Å²) in [6.07, 6.45) is 0.240. The maximum Gasteiger partial charge on any atom is 0.268 e. The van der Waals surface area contributed by atoms with Gasteiger partial charge in [0, 0.05) is 31.7 Å². The minimum absolute atomic E-state index is 0. The number of halogens is 1. The fourth-order valence-corrected chi connectivity index (χ4v) is 3.18. The van der Waals surface area contributed by atoms with E-state index in [4.69, 9.17) is 4.74 Å². The van der Waals surface area contributed by atoms with Crippen LogP contribution in [0.25, 0.3) is 0 Å². The molecule has 1 unspecified atom stereocenters. The number of para-hydroxylation sites is 2. The average molecular weight is 331 g/mol. The summed E-state index contributed by atoms with van der Waals surface area (Å²) in [5.74, 6) is 0.884. The van der Waals surface area contributed by atoms with Crippen molar-refractivity contribution < 1.29 is 9.53 Å². The van der Waals surface area contributed by atoms with E-state index in [-0.39, 0.29) is 18.3 Å². The van der Waals surface area contributed by atoms with Crippen molar-refractivity contribution in [2.45, 2.75) is 19.1 Å². The second-order valence-corrected chi connectivity index (χ2v) is 5.71. The molecule has 1 atom stereocenters. The van der Waals surface area contributed by atoms with Crippen molar-refractivity contribution in [3.63, 3.8) is 0 Å². The first-order valence-electron chi connectivity index (χ1n) is 7.67. The molecular weight excluding hydrogens is 312 g/mol. The normalized spacial score (nSPS) is 19.0. The largest absolute Gasteiger partial charge is 0.480 e. The van der Waals surface area contributed by atoms with Crippen LogP contribution in [0.15, 0.2) is 48.5 Å². The smallest absolute Gasteiger partial charge is 0.268 e. The number of hydrogen-bond donors (Lipinski definition) is 1. The summed E-state index contributed by atoms with van der Waals surface area (Å²) in [7, 11) is 0. The number of fused-ring (bicyclic) bond motifs is 2. The Morgan fingerprint density at radius 1 is 1.09 bits per heavy atom. The fourth-order valence-electron chi connectivity index (χ4n) is 3.18. The number of benzene rings is 2. The summed E-state index contributed by atoms with van der Waals surface area (Å²) < 4.78 is 5.87. The van der Waals surface area contributed by atoms with Crippen LogP contribution in [0.4, 0.5) is 5.69 Å². The van der Waals surface area contributed by atoms with Crippen LogP contribution >= 0.6 is 12.4 Å². The molecule has 4 rings (SSSR count). The lowest BCUT2D eigenvalue weighted by Gasteiger charge is -2.25. The number of carbonyl (C=O) groups is 1. The monoisotopic (exact) mass is 330 g/mol. The van der Waals surface area contributed by atoms with E-state index >= 15 is 0 Å². The maximum absolute atomic E-state index is 13.0. The molecule has 0 bridgehead atoms. The van der Waals surface area contributed by atoms with Crippen molar-refractivity contribution in [2.75, 3.05) is 18.0 Å². The number of hydrogen-bond acceptors (Lipinski definition) is 3. The molecule has 0 fully saturated rings. The summed E-state index contributed by atoms with van der Waals surface area (Å²) >= 11 is 0. The van der Waals surface area contributed by atoms with Crippen LogP contribution in [-0.2, 0) is 17.8 Å². The highest BCUT2D eigenvalue weighted by molar-refractivity contribution is 5.98. The predicted octanol–water partition coefficient (Wildman–Crippen LogP) is 2.55. The van der Waals surface area contributed by atoms with Crippen LogP contribution in [-0.4, -0.2) is 25.1 Å². The predicted molar refractivity (Wildman–Crippen MR) is 92.3 cm³/mol. The Balaban J connectivity index is 0.00000156. The molecular formula is C18H19ClN2O2. The van der Waals surface area contributed by atoms with Gasteiger partial charge in [-0.2, -0.15) is 0 Å². The summed E-state index contributed by atoms with van der Waals surface area (Å²) in [5.41, 5.74) is 3.27. The molecule has 0 spiro atoms. The van der Waals surface area contributed by atoms with Gasteiger partial charge in [0.2, 0.25) is 0 Å². The van der Waals surface area contributed by atoms with Gasteiger partial charge in [-0.15, -0.1) is 12.4 Å². The van der Waals surface area contributed by atoms with Crippen molar-refractivity contribution >= 4 is 24.0 Å². The second kappa shape index (κ2) is 6.60. The van der Waals surface area contributed by atoms with Crippen LogP contribution in [0.2, 0.25) is 0 Å². The maximum atomic E-state index is 13.0. The molecule has 0 aromatic heterocycles. The second-order valence-electron chi connectivity index (χ2n) is 5.71. The van der Waals surface area contributed by atoms with Crippen LogP contribution in [0.5, 0.6) is 5.75 Å². The lowest BCUT2D eigenvalue weighted by molar-refractivity contribution is -0.124. The van der Waals surface area contributed by atoms with Gasteiger partial charge in [-0.3, -0.25) is 4.79 Å². The number of nitrogens with zero attached hydrogens (tertiary/aromatic N) is 1. The first-order chi connectivity index (χ1) is 10.8. The molecule has 5 heteroatoms. The summed E-state index contributed by atoms with van der Waals surface area (Å²) in [5, 5.41) is 3.36. The molecule has 0 aliphatic carbocycles. The van der Waals surface area contributed by atoms with E-state index in [9.17, 15) is 4.79 Å². The molecule has 0 radical (unpaired) electrons. The summed E-state index contributed by atoms with van der Waals surface area (Å²) in [6.45, 7) is 2.26. The number of rotatable bonds is 1. The van der Waals surface area contributed by atoms with E-state index in [1.807, 2.05) is 47.4 Å².